The molecule has 100 valence electrons. The maximum absolute atomic E-state index is 11.6. The van der Waals surface area contributed by atoms with E-state index >= 15 is 0 Å². The number of hydrogen-bond acceptors (Lipinski definition) is 5. The second-order valence-electron chi connectivity index (χ2n) is 4.52. The summed E-state index contributed by atoms with van der Waals surface area (Å²) in [5, 5.41) is 11.3. The highest BCUT2D eigenvalue weighted by atomic mass is 32.2. The second kappa shape index (κ2) is 5.36. The van der Waals surface area contributed by atoms with Gasteiger partial charge in [-0.2, -0.15) is 0 Å². The number of aliphatic carboxylic acids is 1. The molecule has 1 aromatic rings. The first kappa shape index (κ1) is 13.5. The summed E-state index contributed by atoms with van der Waals surface area (Å²) in [6.45, 7) is 0. The molecule has 5 nitrogen and oxygen atoms in total. The summed E-state index contributed by atoms with van der Waals surface area (Å²) in [4.78, 5) is 14.8. The van der Waals surface area contributed by atoms with Gasteiger partial charge in [-0.1, -0.05) is 0 Å². The number of carbonyl (C=O) groups is 1. The minimum Gasteiger partial charge on any atom is -0.481 e. The van der Waals surface area contributed by atoms with E-state index in [9.17, 15) is 13.2 Å². The fourth-order valence-corrected chi connectivity index (χ4v) is 4.88. The average molecular weight is 289 g/mol. The van der Waals surface area contributed by atoms with Crippen LogP contribution in [0.1, 0.15) is 35.9 Å². The molecule has 1 atom stereocenters. The fraction of sp³-hybridized carbons (Fsp3) is 0.636. The summed E-state index contributed by atoms with van der Waals surface area (Å²) >= 11 is 1.44. The summed E-state index contributed by atoms with van der Waals surface area (Å²) in [6, 6.07) is 0. The zero-order valence-electron chi connectivity index (χ0n) is 9.83. The topological polar surface area (TPSA) is 84.3 Å². The molecular formula is C11H15NO4S2. The van der Waals surface area contributed by atoms with Crippen LogP contribution in [0.15, 0.2) is 5.38 Å². The van der Waals surface area contributed by atoms with Crippen molar-refractivity contribution in [2.45, 2.75) is 31.6 Å². The zero-order valence-corrected chi connectivity index (χ0v) is 11.5. The zero-order chi connectivity index (χ0) is 13.2. The molecule has 2 rings (SSSR count). The lowest BCUT2D eigenvalue weighted by atomic mass is 10.1. The molecule has 1 aromatic heterocycles. The van der Waals surface area contributed by atoms with Gasteiger partial charge in [-0.3, -0.25) is 4.79 Å². The molecule has 0 spiro atoms. The quantitative estimate of drug-likeness (QED) is 0.907. The number of sulfone groups is 1. The van der Waals surface area contributed by atoms with Crippen LogP contribution in [0.5, 0.6) is 0 Å². The Kier molecular flexibility index (Phi) is 4.01. The predicted molar refractivity (Wildman–Crippen MR) is 68.7 cm³/mol. The van der Waals surface area contributed by atoms with E-state index < -0.39 is 15.8 Å². The first-order chi connectivity index (χ1) is 8.46. The first-order valence-electron chi connectivity index (χ1n) is 5.83. The number of hydrogen-bond donors (Lipinski definition) is 1. The largest absolute Gasteiger partial charge is 0.481 e. The van der Waals surface area contributed by atoms with Crippen molar-refractivity contribution in [3.63, 3.8) is 0 Å². The molecule has 0 radical (unpaired) electrons. The SMILES string of the molecule is O=C(O)CCc1csc(C2CCCS(=O)(=O)C2)n1. The molecule has 1 fully saturated rings. The van der Waals surface area contributed by atoms with Crippen molar-refractivity contribution >= 4 is 27.1 Å². The maximum atomic E-state index is 11.6. The van der Waals surface area contributed by atoms with Gasteiger partial charge in [0.15, 0.2) is 9.84 Å². The van der Waals surface area contributed by atoms with Crippen LogP contribution >= 0.6 is 11.3 Å². The van der Waals surface area contributed by atoms with Gasteiger partial charge in [-0.25, -0.2) is 13.4 Å². The van der Waals surface area contributed by atoms with Gasteiger partial charge in [-0.15, -0.1) is 11.3 Å². The molecular weight excluding hydrogens is 274 g/mol. The Hall–Kier alpha value is -0.950. The van der Waals surface area contributed by atoms with Crippen molar-refractivity contribution in [1.29, 1.82) is 0 Å². The third kappa shape index (κ3) is 3.52. The van der Waals surface area contributed by atoms with Gasteiger partial charge in [0.25, 0.3) is 0 Å². The highest BCUT2D eigenvalue weighted by Gasteiger charge is 2.27. The molecule has 0 aliphatic carbocycles. The van der Waals surface area contributed by atoms with Crippen LogP contribution < -0.4 is 0 Å². The normalized spacial score (nSPS) is 22.8. The van der Waals surface area contributed by atoms with Gasteiger partial charge in [0.05, 0.1) is 28.6 Å². The smallest absolute Gasteiger partial charge is 0.303 e. The van der Waals surface area contributed by atoms with Gasteiger partial charge >= 0.3 is 5.97 Å². The lowest BCUT2D eigenvalue weighted by Crippen LogP contribution is -2.23. The predicted octanol–water partition coefficient (Wildman–Crippen LogP) is 1.45. The molecule has 0 bridgehead atoms. The fourth-order valence-electron chi connectivity index (χ4n) is 2.08. The Morgan fingerprint density at radius 2 is 2.33 bits per heavy atom. The van der Waals surface area contributed by atoms with E-state index in [4.69, 9.17) is 5.11 Å². The van der Waals surface area contributed by atoms with Crippen LogP contribution in [0.2, 0.25) is 0 Å². The maximum Gasteiger partial charge on any atom is 0.303 e. The molecule has 18 heavy (non-hydrogen) atoms. The van der Waals surface area contributed by atoms with Gasteiger partial charge in [0, 0.05) is 17.7 Å². The summed E-state index contributed by atoms with van der Waals surface area (Å²) in [5.41, 5.74) is 0.750. The summed E-state index contributed by atoms with van der Waals surface area (Å²) < 4.78 is 23.1. The molecule has 1 saturated heterocycles. The molecule has 1 aliphatic rings. The monoisotopic (exact) mass is 289 g/mol. The molecule has 1 aliphatic heterocycles. The number of thiazole rings is 1. The Bertz CT molecular complexity index is 535. The molecule has 0 saturated carbocycles. The number of rotatable bonds is 4. The van der Waals surface area contributed by atoms with Crippen LogP contribution in [0, 0.1) is 0 Å². The van der Waals surface area contributed by atoms with Crippen molar-refractivity contribution in [3.05, 3.63) is 16.1 Å². The van der Waals surface area contributed by atoms with E-state index in [-0.39, 0.29) is 23.8 Å². The van der Waals surface area contributed by atoms with Crippen LogP contribution in [0.3, 0.4) is 0 Å². The van der Waals surface area contributed by atoms with E-state index in [1.54, 1.807) is 0 Å². The highest BCUT2D eigenvalue weighted by Crippen LogP contribution is 2.30. The third-order valence-electron chi connectivity index (χ3n) is 2.98. The summed E-state index contributed by atoms with van der Waals surface area (Å²) in [7, 11) is -2.92. The van der Waals surface area contributed by atoms with Crippen molar-refractivity contribution in [1.82, 2.24) is 4.98 Å². The number of nitrogens with zero attached hydrogens (tertiary/aromatic N) is 1. The van der Waals surface area contributed by atoms with E-state index in [0.29, 0.717) is 12.8 Å². The number of aryl methyl sites for hydroxylation is 1. The minimum atomic E-state index is -2.92. The Morgan fingerprint density at radius 3 is 3.00 bits per heavy atom. The lowest BCUT2D eigenvalue weighted by molar-refractivity contribution is -0.136. The van der Waals surface area contributed by atoms with E-state index in [2.05, 4.69) is 4.98 Å². The van der Waals surface area contributed by atoms with Crippen LogP contribution in [-0.4, -0.2) is 36.0 Å². The Morgan fingerprint density at radius 1 is 1.56 bits per heavy atom. The van der Waals surface area contributed by atoms with Crippen molar-refractivity contribution in [2.24, 2.45) is 0 Å². The molecule has 0 aromatic carbocycles. The van der Waals surface area contributed by atoms with Gasteiger partial charge in [-0.05, 0) is 12.8 Å². The number of aromatic nitrogens is 1. The van der Waals surface area contributed by atoms with Crippen molar-refractivity contribution in [3.8, 4) is 0 Å². The average Bonchev–Trinajstić information content (AvgIpc) is 2.73. The minimum absolute atomic E-state index is 0.00710. The molecule has 2 heterocycles. The van der Waals surface area contributed by atoms with Crippen LogP contribution in [0.4, 0.5) is 0 Å². The van der Waals surface area contributed by atoms with E-state index in [1.807, 2.05) is 5.38 Å². The molecule has 7 heteroatoms. The second-order valence-corrected chi connectivity index (χ2v) is 7.64. The van der Waals surface area contributed by atoms with Crippen LogP contribution in [0.25, 0.3) is 0 Å². The molecule has 1 N–H and O–H groups in total. The van der Waals surface area contributed by atoms with Gasteiger partial charge < -0.3 is 5.11 Å². The molecule has 1 unspecified atom stereocenters. The standard InChI is InChI=1S/C11H15NO4S2/c13-10(14)4-3-9-6-17-11(12-9)8-2-1-5-18(15,16)7-8/h6,8H,1-5,7H2,(H,13,14). The van der Waals surface area contributed by atoms with E-state index in [1.165, 1.54) is 11.3 Å². The third-order valence-corrected chi connectivity index (χ3v) is 5.85. The lowest BCUT2D eigenvalue weighted by Gasteiger charge is -2.19. The number of carboxylic acid groups (broad SMARTS) is 1. The van der Waals surface area contributed by atoms with Gasteiger partial charge in [0.1, 0.15) is 0 Å². The highest BCUT2D eigenvalue weighted by molar-refractivity contribution is 7.91. The first-order valence-corrected chi connectivity index (χ1v) is 8.53. The van der Waals surface area contributed by atoms with E-state index in [0.717, 1.165) is 17.1 Å². The van der Waals surface area contributed by atoms with Crippen molar-refractivity contribution < 1.29 is 18.3 Å². The van der Waals surface area contributed by atoms with Crippen LogP contribution in [-0.2, 0) is 21.1 Å². The van der Waals surface area contributed by atoms with Gasteiger partial charge in [0.2, 0.25) is 0 Å². The molecule has 0 amide bonds. The number of carboxylic acids is 1. The Labute approximate surface area is 110 Å². The summed E-state index contributed by atoms with van der Waals surface area (Å²) in [6.07, 6.45) is 2.01. The Balaban J connectivity index is 2.03. The van der Waals surface area contributed by atoms with Crippen molar-refractivity contribution in [2.75, 3.05) is 11.5 Å². The summed E-state index contributed by atoms with van der Waals surface area (Å²) in [5.74, 6) is -0.392.